The van der Waals surface area contributed by atoms with Crippen molar-refractivity contribution in [2.75, 3.05) is 33.3 Å². The Hall–Kier alpha value is -1.55. The Morgan fingerprint density at radius 3 is 2.75 bits per heavy atom. The van der Waals surface area contributed by atoms with E-state index in [0.29, 0.717) is 6.54 Å². The highest BCUT2D eigenvalue weighted by molar-refractivity contribution is 5.99. The van der Waals surface area contributed by atoms with Gasteiger partial charge in [-0.3, -0.25) is 4.99 Å². The molecule has 0 saturated heterocycles. The molecule has 16 heavy (non-hydrogen) atoms. The SMILES string of the molecule is COc1ccc(C2=NCCN2CCN)cc1. The number of hydrogen-bond donors (Lipinski definition) is 1. The zero-order valence-electron chi connectivity index (χ0n) is 9.52. The standard InChI is InChI=1S/C12H17N3O/c1-16-11-4-2-10(3-5-11)12-14-7-9-15(12)8-6-13/h2-5H,6-9,13H2,1H3. The van der Waals surface area contributed by atoms with Crippen LogP contribution in [0, 0.1) is 0 Å². The molecule has 2 rings (SSSR count). The zero-order valence-corrected chi connectivity index (χ0v) is 9.52. The van der Waals surface area contributed by atoms with Gasteiger partial charge in [-0.25, -0.2) is 0 Å². The number of methoxy groups -OCH3 is 1. The molecule has 0 fully saturated rings. The van der Waals surface area contributed by atoms with Gasteiger partial charge in [-0.15, -0.1) is 0 Å². The maximum absolute atomic E-state index is 5.58. The zero-order chi connectivity index (χ0) is 11.4. The van der Waals surface area contributed by atoms with Crippen molar-refractivity contribution in [2.45, 2.75) is 0 Å². The van der Waals surface area contributed by atoms with Crippen molar-refractivity contribution in [3.63, 3.8) is 0 Å². The molecule has 86 valence electrons. The summed E-state index contributed by atoms with van der Waals surface area (Å²) < 4.78 is 5.13. The largest absolute Gasteiger partial charge is 0.497 e. The average Bonchev–Trinajstić information content (AvgIpc) is 2.78. The quantitative estimate of drug-likeness (QED) is 0.811. The van der Waals surface area contributed by atoms with Gasteiger partial charge in [-0.05, 0) is 24.3 Å². The second kappa shape index (κ2) is 4.99. The first-order chi connectivity index (χ1) is 7.85. The fourth-order valence-corrected chi connectivity index (χ4v) is 1.87. The molecule has 0 saturated carbocycles. The number of rotatable bonds is 4. The first-order valence-corrected chi connectivity index (χ1v) is 5.49. The monoisotopic (exact) mass is 219 g/mol. The minimum absolute atomic E-state index is 0.662. The van der Waals surface area contributed by atoms with E-state index in [1.807, 2.05) is 24.3 Å². The van der Waals surface area contributed by atoms with Gasteiger partial charge in [0.1, 0.15) is 11.6 Å². The molecule has 1 aliphatic heterocycles. The first-order valence-electron chi connectivity index (χ1n) is 5.49. The highest BCUT2D eigenvalue weighted by atomic mass is 16.5. The Balaban J connectivity index is 2.16. The summed E-state index contributed by atoms with van der Waals surface area (Å²) >= 11 is 0. The van der Waals surface area contributed by atoms with Gasteiger partial charge in [-0.1, -0.05) is 0 Å². The van der Waals surface area contributed by atoms with Gasteiger partial charge in [0.05, 0.1) is 13.7 Å². The van der Waals surface area contributed by atoms with E-state index < -0.39 is 0 Å². The summed E-state index contributed by atoms with van der Waals surface area (Å²) in [6.45, 7) is 3.36. The Morgan fingerprint density at radius 1 is 1.38 bits per heavy atom. The van der Waals surface area contributed by atoms with Crippen molar-refractivity contribution < 1.29 is 4.74 Å². The number of amidine groups is 1. The topological polar surface area (TPSA) is 50.8 Å². The molecule has 1 aromatic rings. The summed E-state index contributed by atoms with van der Waals surface area (Å²) in [5.74, 6) is 1.92. The minimum Gasteiger partial charge on any atom is -0.497 e. The van der Waals surface area contributed by atoms with E-state index in [2.05, 4.69) is 9.89 Å². The van der Waals surface area contributed by atoms with Crippen LogP contribution in [0.2, 0.25) is 0 Å². The summed E-state index contributed by atoms with van der Waals surface area (Å²) in [4.78, 5) is 6.73. The minimum atomic E-state index is 0.662. The van der Waals surface area contributed by atoms with Gasteiger partial charge in [0.15, 0.2) is 0 Å². The fraction of sp³-hybridized carbons (Fsp3) is 0.417. The van der Waals surface area contributed by atoms with Gasteiger partial charge in [0.25, 0.3) is 0 Å². The Bertz CT molecular complexity index is 372. The van der Waals surface area contributed by atoms with Crippen molar-refractivity contribution in [3.05, 3.63) is 29.8 Å². The third-order valence-electron chi connectivity index (χ3n) is 2.68. The Kier molecular flexibility index (Phi) is 3.41. The maximum atomic E-state index is 5.58. The van der Waals surface area contributed by atoms with E-state index in [0.717, 1.165) is 36.8 Å². The Labute approximate surface area is 95.7 Å². The van der Waals surface area contributed by atoms with Crippen molar-refractivity contribution in [1.29, 1.82) is 0 Å². The van der Waals surface area contributed by atoms with Crippen LogP contribution in [-0.4, -0.2) is 44.0 Å². The lowest BCUT2D eigenvalue weighted by Gasteiger charge is -2.19. The third-order valence-corrected chi connectivity index (χ3v) is 2.68. The van der Waals surface area contributed by atoms with Gasteiger partial charge < -0.3 is 15.4 Å². The second-order valence-electron chi connectivity index (χ2n) is 3.71. The van der Waals surface area contributed by atoms with Gasteiger partial charge in [-0.2, -0.15) is 0 Å². The average molecular weight is 219 g/mol. The normalized spacial score (nSPS) is 15.1. The molecule has 0 aromatic heterocycles. The Morgan fingerprint density at radius 2 is 2.12 bits per heavy atom. The molecule has 0 bridgehead atoms. The van der Waals surface area contributed by atoms with E-state index >= 15 is 0 Å². The van der Waals surface area contributed by atoms with Crippen LogP contribution in [0.25, 0.3) is 0 Å². The maximum Gasteiger partial charge on any atom is 0.131 e. The van der Waals surface area contributed by atoms with E-state index in [1.165, 1.54) is 0 Å². The summed E-state index contributed by atoms with van der Waals surface area (Å²) in [6, 6.07) is 7.98. The van der Waals surface area contributed by atoms with Gasteiger partial charge in [0, 0.05) is 25.2 Å². The molecular formula is C12H17N3O. The van der Waals surface area contributed by atoms with Crippen LogP contribution in [-0.2, 0) is 0 Å². The lowest BCUT2D eigenvalue weighted by molar-refractivity contribution is 0.414. The molecule has 0 amide bonds. The van der Waals surface area contributed by atoms with Crippen LogP contribution in [0.4, 0.5) is 0 Å². The van der Waals surface area contributed by atoms with Crippen LogP contribution in [0.3, 0.4) is 0 Å². The molecule has 0 atom stereocenters. The van der Waals surface area contributed by atoms with Crippen LogP contribution >= 0.6 is 0 Å². The van der Waals surface area contributed by atoms with Crippen LogP contribution in [0.15, 0.2) is 29.3 Å². The summed E-state index contributed by atoms with van der Waals surface area (Å²) in [5.41, 5.74) is 6.71. The molecule has 2 N–H and O–H groups in total. The number of ether oxygens (including phenoxy) is 1. The number of nitrogens with two attached hydrogens (primary N) is 1. The molecule has 1 heterocycles. The summed E-state index contributed by atoms with van der Waals surface area (Å²) in [7, 11) is 1.67. The number of aliphatic imine (C=N–C) groups is 1. The van der Waals surface area contributed by atoms with Crippen molar-refractivity contribution >= 4 is 5.84 Å². The van der Waals surface area contributed by atoms with Gasteiger partial charge >= 0.3 is 0 Å². The molecule has 4 nitrogen and oxygen atoms in total. The molecule has 1 aliphatic rings. The number of hydrogen-bond acceptors (Lipinski definition) is 4. The first kappa shape index (κ1) is 11.0. The third kappa shape index (κ3) is 2.17. The smallest absolute Gasteiger partial charge is 0.131 e. The van der Waals surface area contributed by atoms with E-state index in [4.69, 9.17) is 10.5 Å². The molecule has 0 spiro atoms. The lowest BCUT2D eigenvalue weighted by atomic mass is 10.2. The lowest BCUT2D eigenvalue weighted by Crippen LogP contribution is -2.33. The fourth-order valence-electron chi connectivity index (χ4n) is 1.87. The molecule has 4 heteroatoms. The van der Waals surface area contributed by atoms with E-state index in [-0.39, 0.29) is 0 Å². The van der Waals surface area contributed by atoms with Crippen LogP contribution in [0.1, 0.15) is 5.56 Å². The molecule has 0 radical (unpaired) electrons. The van der Waals surface area contributed by atoms with Crippen LogP contribution in [0.5, 0.6) is 5.75 Å². The van der Waals surface area contributed by atoms with E-state index in [1.54, 1.807) is 7.11 Å². The summed E-state index contributed by atoms with van der Waals surface area (Å²) in [5, 5.41) is 0. The highest BCUT2D eigenvalue weighted by Crippen LogP contribution is 2.15. The van der Waals surface area contributed by atoms with E-state index in [9.17, 15) is 0 Å². The molecule has 1 aromatic carbocycles. The predicted octanol–water partition coefficient (Wildman–Crippen LogP) is 0.716. The number of benzene rings is 1. The predicted molar refractivity (Wildman–Crippen MR) is 65.0 cm³/mol. The van der Waals surface area contributed by atoms with Gasteiger partial charge in [0.2, 0.25) is 0 Å². The molecule has 0 unspecified atom stereocenters. The second-order valence-corrected chi connectivity index (χ2v) is 3.71. The summed E-state index contributed by atoms with van der Waals surface area (Å²) in [6.07, 6.45) is 0. The van der Waals surface area contributed by atoms with Crippen molar-refractivity contribution in [2.24, 2.45) is 10.7 Å². The molecular weight excluding hydrogens is 202 g/mol. The van der Waals surface area contributed by atoms with Crippen molar-refractivity contribution in [3.8, 4) is 5.75 Å². The highest BCUT2D eigenvalue weighted by Gasteiger charge is 2.17. The number of nitrogens with zero attached hydrogens (tertiary/aromatic N) is 2. The molecule has 0 aliphatic carbocycles. The van der Waals surface area contributed by atoms with Crippen LogP contribution < -0.4 is 10.5 Å². The van der Waals surface area contributed by atoms with Crippen molar-refractivity contribution in [1.82, 2.24) is 4.90 Å².